The molecule has 0 spiro atoms. The Labute approximate surface area is 329 Å². The molecule has 0 bridgehead atoms. The molecule has 0 aromatic carbocycles. The first kappa shape index (κ1) is 50.8. The van der Waals surface area contributed by atoms with Crippen molar-refractivity contribution in [3.05, 3.63) is 48.6 Å². The van der Waals surface area contributed by atoms with E-state index in [2.05, 4.69) is 56.4 Å². The molecule has 0 radical (unpaired) electrons. The van der Waals surface area contributed by atoms with Gasteiger partial charge in [0.15, 0.2) is 6.10 Å². The van der Waals surface area contributed by atoms with Crippen LogP contribution in [0.4, 0.5) is 0 Å². The second-order valence-corrected chi connectivity index (χ2v) is 15.5. The normalized spacial score (nSPS) is 23.6. The molecule has 0 aromatic heterocycles. The summed E-state index contributed by atoms with van der Waals surface area (Å²) in [4.78, 5) is 35.5. The fourth-order valence-electron chi connectivity index (χ4n) is 5.86. The van der Waals surface area contributed by atoms with Crippen LogP contribution in [0, 0.1) is 0 Å². The number of esters is 2. The number of aliphatic hydroxyl groups is 5. The maximum absolute atomic E-state index is 12.8. The van der Waals surface area contributed by atoms with Crippen molar-refractivity contribution < 1.29 is 63.1 Å². The lowest BCUT2D eigenvalue weighted by molar-refractivity contribution is -0.220. The molecule has 1 aliphatic rings. The molecule has 0 aromatic rings. The van der Waals surface area contributed by atoms with Gasteiger partial charge >= 0.3 is 19.8 Å². The summed E-state index contributed by atoms with van der Waals surface area (Å²) in [6, 6.07) is 0. The Balaban J connectivity index is 2.56. The predicted molar refractivity (Wildman–Crippen MR) is 212 cm³/mol. The van der Waals surface area contributed by atoms with Crippen molar-refractivity contribution in [3.8, 4) is 0 Å². The highest BCUT2D eigenvalue weighted by molar-refractivity contribution is 7.47. The number of hydrogen-bond acceptors (Lipinski definition) is 12. The Bertz CT molecular complexity index is 1160. The van der Waals surface area contributed by atoms with Crippen LogP contribution in [0.5, 0.6) is 0 Å². The van der Waals surface area contributed by atoms with Crippen molar-refractivity contribution in [2.45, 2.75) is 185 Å². The molecule has 1 fully saturated rings. The molecule has 0 heterocycles. The van der Waals surface area contributed by atoms with Gasteiger partial charge < -0.3 is 39.9 Å². The Morgan fingerprint density at radius 2 is 1.04 bits per heavy atom. The van der Waals surface area contributed by atoms with Crippen LogP contribution < -0.4 is 0 Å². The second kappa shape index (κ2) is 31.8. The molecule has 6 unspecified atom stereocenters. The number of phosphoric acid groups is 1. The average Bonchev–Trinajstić information content (AvgIpc) is 3.16. The highest BCUT2D eigenvalue weighted by Gasteiger charge is 2.51. The topological polar surface area (TPSA) is 210 Å². The number of phosphoric ester groups is 1. The molecule has 0 saturated heterocycles. The summed E-state index contributed by atoms with van der Waals surface area (Å²) in [5, 5.41) is 50.0. The van der Waals surface area contributed by atoms with Gasteiger partial charge in [-0.05, 0) is 51.4 Å². The standard InChI is InChI=1S/C41H71O13P/c1-3-5-7-9-11-13-15-16-17-18-20-22-24-26-28-30-35(43)53-33(31-51-34(42)29-27-25-23-21-19-14-12-10-8-6-4-2)32-52-55(49,50)54-41-39(47)37(45)36(44)38(46)40(41)48/h5,7,11,13,16-17,20,22,33,36-41,44-48H,3-4,6,8-10,12,14-15,18-19,21,23-32H2,1-2H3,(H,49,50)/b7-5-,13-11-,17-16-,22-20-. The molecule has 13 nitrogen and oxygen atoms in total. The number of hydrogen-bond donors (Lipinski definition) is 6. The highest BCUT2D eigenvalue weighted by Crippen LogP contribution is 2.47. The van der Waals surface area contributed by atoms with Gasteiger partial charge in [0.2, 0.25) is 0 Å². The monoisotopic (exact) mass is 802 g/mol. The van der Waals surface area contributed by atoms with Crippen LogP contribution in [0.25, 0.3) is 0 Å². The van der Waals surface area contributed by atoms with E-state index in [1.165, 1.54) is 44.9 Å². The number of rotatable bonds is 32. The zero-order valence-corrected chi connectivity index (χ0v) is 34.1. The van der Waals surface area contributed by atoms with E-state index in [-0.39, 0.29) is 12.8 Å². The van der Waals surface area contributed by atoms with Gasteiger partial charge in [-0.1, -0.05) is 127 Å². The van der Waals surface area contributed by atoms with E-state index in [0.717, 1.165) is 57.8 Å². The maximum Gasteiger partial charge on any atom is 0.472 e. The van der Waals surface area contributed by atoms with Crippen molar-refractivity contribution in [1.82, 2.24) is 0 Å². The summed E-state index contributed by atoms with van der Waals surface area (Å²) in [5.74, 6) is -1.15. The predicted octanol–water partition coefficient (Wildman–Crippen LogP) is 6.83. The van der Waals surface area contributed by atoms with Gasteiger partial charge in [-0.25, -0.2) is 4.57 Å². The fraction of sp³-hybridized carbons (Fsp3) is 0.756. The SMILES string of the molecule is CC/C=C\C/C=C\C/C=C\C/C=C\CCCCC(=O)OC(COC(=O)CCCCCCCCCCCCC)COP(=O)(O)OC1C(O)C(O)C(O)C(O)C1O. The molecule has 0 aliphatic heterocycles. The first-order valence-electron chi connectivity index (χ1n) is 20.4. The summed E-state index contributed by atoms with van der Waals surface area (Å²) in [7, 11) is -5.12. The molecular weight excluding hydrogens is 731 g/mol. The number of unbranched alkanes of at least 4 members (excludes halogenated alkanes) is 12. The molecule has 1 aliphatic carbocycles. The summed E-state index contributed by atoms with van der Waals surface area (Å²) >= 11 is 0. The van der Waals surface area contributed by atoms with Crippen LogP contribution in [0.3, 0.4) is 0 Å². The van der Waals surface area contributed by atoms with Crippen LogP contribution in [0.1, 0.15) is 142 Å². The summed E-state index contributed by atoms with van der Waals surface area (Å²) < 4.78 is 33.3. The van der Waals surface area contributed by atoms with E-state index >= 15 is 0 Å². The van der Waals surface area contributed by atoms with Gasteiger partial charge in [-0.3, -0.25) is 18.6 Å². The van der Waals surface area contributed by atoms with Crippen molar-refractivity contribution in [2.24, 2.45) is 0 Å². The maximum atomic E-state index is 12.8. The zero-order chi connectivity index (χ0) is 40.7. The first-order chi connectivity index (χ1) is 26.4. The highest BCUT2D eigenvalue weighted by atomic mass is 31.2. The van der Waals surface area contributed by atoms with Gasteiger partial charge in [-0.15, -0.1) is 0 Å². The second-order valence-electron chi connectivity index (χ2n) is 14.1. The van der Waals surface area contributed by atoms with Crippen LogP contribution in [0.15, 0.2) is 48.6 Å². The third kappa shape index (κ3) is 24.9. The van der Waals surface area contributed by atoms with E-state index in [4.69, 9.17) is 18.5 Å². The smallest absolute Gasteiger partial charge is 0.462 e. The van der Waals surface area contributed by atoms with Gasteiger partial charge in [-0.2, -0.15) is 0 Å². The van der Waals surface area contributed by atoms with Gasteiger partial charge in [0.05, 0.1) is 6.61 Å². The van der Waals surface area contributed by atoms with Crippen molar-refractivity contribution in [3.63, 3.8) is 0 Å². The quantitative estimate of drug-likeness (QED) is 0.0179. The van der Waals surface area contributed by atoms with Crippen LogP contribution in [-0.4, -0.2) is 98.3 Å². The van der Waals surface area contributed by atoms with Crippen molar-refractivity contribution in [2.75, 3.05) is 13.2 Å². The summed E-state index contributed by atoms with van der Waals surface area (Å²) in [6.45, 7) is 3.11. The minimum atomic E-state index is -5.12. The largest absolute Gasteiger partial charge is 0.472 e. The third-order valence-electron chi connectivity index (χ3n) is 9.18. The summed E-state index contributed by atoms with van der Waals surface area (Å²) in [5.41, 5.74) is 0. The van der Waals surface area contributed by atoms with E-state index < -0.39 is 75.7 Å². The summed E-state index contributed by atoms with van der Waals surface area (Å²) in [6.07, 6.45) is 21.9. The van der Waals surface area contributed by atoms with E-state index in [0.29, 0.717) is 12.8 Å². The number of ether oxygens (including phenoxy) is 2. The lowest BCUT2D eigenvalue weighted by Crippen LogP contribution is -2.64. The Morgan fingerprint density at radius 1 is 0.582 bits per heavy atom. The van der Waals surface area contributed by atoms with Gasteiger partial charge in [0, 0.05) is 12.8 Å². The Hall–Kier alpha value is -2.19. The molecule has 1 saturated carbocycles. The van der Waals surface area contributed by atoms with Crippen molar-refractivity contribution >= 4 is 19.8 Å². The molecule has 318 valence electrons. The number of carbonyl (C=O) groups excluding carboxylic acids is 2. The number of allylic oxidation sites excluding steroid dienone is 8. The van der Waals surface area contributed by atoms with Crippen LogP contribution in [-0.2, 0) is 32.7 Å². The first-order valence-corrected chi connectivity index (χ1v) is 21.9. The number of aliphatic hydroxyl groups excluding tert-OH is 5. The molecule has 1 rings (SSSR count). The average molecular weight is 803 g/mol. The van der Waals surface area contributed by atoms with Gasteiger partial charge in [0.25, 0.3) is 0 Å². The van der Waals surface area contributed by atoms with E-state index in [1.807, 2.05) is 6.08 Å². The molecule has 0 amide bonds. The van der Waals surface area contributed by atoms with Crippen LogP contribution in [0.2, 0.25) is 0 Å². The molecule has 14 heteroatoms. The minimum Gasteiger partial charge on any atom is -0.462 e. The lowest BCUT2D eigenvalue weighted by atomic mass is 9.85. The molecule has 6 N–H and O–H groups in total. The Kier molecular flexibility index (Phi) is 29.4. The van der Waals surface area contributed by atoms with E-state index in [1.54, 1.807) is 0 Å². The van der Waals surface area contributed by atoms with E-state index in [9.17, 15) is 44.6 Å². The van der Waals surface area contributed by atoms with Crippen LogP contribution >= 0.6 is 7.82 Å². The lowest BCUT2D eigenvalue weighted by Gasteiger charge is -2.41. The fourth-order valence-corrected chi connectivity index (χ4v) is 6.84. The van der Waals surface area contributed by atoms with Gasteiger partial charge in [0.1, 0.15) is 43.2 Å². The minimum absolute atomic E-state index is 0.0442. The third-order valence-corrected chi connectivity index (χ3v) is 10.2. The Morgan fingerprint density at radius 3 is 1.58 bits per heavy atom. The zero-order valence-electron chi connectivity index (χ0n) is 33.2. The molecular formula is C41H71O13P. The molecule has 55 heavy (non-hydrogen) atoms. The van der Waals surface area contributed by atoms with Crippen molar-refractivity contribution in [1.29, 1.82) is 0 Å². The molecule has 6 atom stereocenters. The number of carbonyl (C=O) groups is 2.